The van der Waals surface area contributed by atoms with Gasteiger partial charge in [-0.3, -0.25) is 0 Å². The van der Waals surface area contributed by atoms with Gasteiger partial charge < -0.3 is 9.88 Å². The lowest BCUT2D eigenvalue weighted by atomic mass is 10.3. The van der Waals surface area contributed by atoms with Gasteiger partial charge in [0.2, 0.25) is 0 Å². The number of nitrogens with one attached hydrogen (secondary N) is 1. The van der Waals surface area contributed by atoms with Gasteiger partial charge in [-0.25, -0.2) is 0 Å². The summed E-state index contributed by atoms with van der Waals surface area (Å²) in [7, 11) is 2.08. The lowest BCUT2D eigenvalue weighted by Gasteiger charge is -2.12. The summed E-state index contributed by atoms with van der Waals surface area (Å²) in [5.74, 6) is 0. The number of hydrogen-bond donors (Lipinski definition) is 1. The van der Waals surface area contributed by atoms with Crippen molar-refractivity contribution in [1.29, 1.82) is 0 Å². The minimum atomic E-state index is 1.01. The van der Waals surface area contributed by atoms with E-state index >= 15 is 0 Å². The number of rotatable bonds is 0. The molecule has 2 heterocycles. The van der Waals surface area contributed by atoms with Gasteiger partial charge in [-0.2, -0.15) is 0 Å². The van der Waals surface area contributed by atoms with E-state index in [2.05, 4.69) is 35.3 Å². The summed E-state index contributed by atoms with van der Waals surface area (Å²) in [6, 6.07) is 2.08. The first-order chi connectivity index (χ1) is 4.86. The molecule has 0 aromatic carbocycles. The van der Waals surface area contributed by atoms with Crippen LogP contribution in [0, 0.1) is 0 Å². The smallest absolute Gasteiger partial charge is 0.0445 e. The molecule has 2 heteroatoms. The Kier molecular flexibility index (Phi) is 1.07. The highest BCUT2D eigenvalue weighted by molar-refractivity contribution is 5.35. The third kappa shape index (κ3) is 0.727. The number of aromatic nitrogens is 1. The number of H-pyrrole nitrogens is 1. The zero-order valence-corrected chi connectivity index (χ0v) is 5.96. The number of fused-ring (bicyclic) bond motifs is 1. The minimum Gasteiger partial charge on any atom is -0.376 e. The standard InChI is InChI=1S/C8H10N2/c1-10-5-3-8-7(6-10)2-4-9-8/h2-4,6,9H,5H2,1H3. The average molecular weight is 134 g/mol. The van der Waals surface area contributed by atoms with Crippen LogP contribution in [0.1, 0.15) is 0 Å². The van der Waals surface area contributed by atoms with E-state index in [1.165, 1.54) is 10.6 Å². The van der Waals surface area contributed by atoms with Crippen molar-refractivity contribution >= 4 is 12.3 Å². The Balaban J connectivity index is 2.73. The molecule has 1 aliphatic rings. The van der Waals surface area contributed by atoms with E-state index in [9.17, 15) is 0 Å². The highest BCUT2D eigenvalue weighted by atomic mass is 15.1. The van der Waals surface area contributed by atoms with Gasteiger partial charge in [0.15, 0.2) is 0 Å². The Morgan fingerprint density at radius 3 is 3.40 bits per heavy atom. The zero-order valence-electron chi connectivity index (χ0n) is 5.96. The second-order valence-electron chi connectivity index (χ2n) is 2.62. The predicted molar refractivity (Wildman–Crippen MR) is 41.6 cm³/mol. The van der Waals surface area contributed by atoms with Crippen molar-refractivity contribution < 1.29 is 0 Å². The van der Waals surface area contributed by atoms with Crippen molar-refractivity contribution in [1.82, 2.24) is 9.88 Å². The molecule has 0 fully saturated rings. The van der Waals surface area contributed by atoms with Crippen molar-refractivity contribution in [2.75, 3.05) is 13.6 Å². The molecule has 0 aliphatic carbocycles. The van der Waals surface area contributed by atoms with Crippen molar-refractivity contribution in [3.05, 3.63) is 22.8 Å². The second-order valence-corrected chi connectivity index (χ2v) is 2.62. The van der Waals surface area contributed by atoms with Crippen molar-refractivity contribution in [3.63, 3.8) is 0 Å². The van der Waals surface area contributed by atoms with Gasteiger partial charge in [-0.1, -0.05) is 0 Å². The summed E-state index contributed by atoms with van der Waals surface area (Å²) in [6.07, 6.45) is 6.30. The van der Waals surface area contributed by atoms with Gasteiger partial charge in [-0.15, -0.1) is 0 Å². The van der Waals surface area contributed by atoms with Crippen LogP contribution in [0.15, 0.2) is 12.3 Å². The van der Waals surface area contributed by atoms with Crippen LogP contribution < -0.4 is 10.6 Å². The fraction of sp³-hybridized carbons (Fsp3) is 0.250. The Hall–Kier alpha value is -1.18. The maximum atomic E-state index is 3.16. The molecule has 52 valence electrons. The summed E-state index contributed by atoms with van der Waals surface area (Å²) >= 11 is 0. The minimum absolute atomic E-state index is 1.01. The van der Waals surface area contributed by atoms with E-state index in [0.29, 0.717) is 0 Å². The van der Waals surface area contributed by atoms with E-state index in [0.717, 1.165) is 6.54 Å². The fourth-order valence-electron chi connectivity index (χ4n) is 1.21. The fourth-order valence-corrected chi connectivity index (χ4v) is 1.21. The van der Waals surface area contributed by atoms with Crippen molar-refractivity contribution in [2.24, 2.45) is 0 Å². The molecule has 0 saturated carbocycles. The summed E-state index contributed by atoms with van der Waals surface area (Å²) in [6.45, 7) is 1.01. The molecule has 1 aromatic heterocycles. The highest BCUT2D eigenvalue weighted by Crippen LogP contribution is 1.85. The first kappa shape index (κ1) is 5.59. The van der Waals surface area contributed by atoms with E-state index < -0.39 is 0 Å². The summed E-state index contributed by atoms with van der Waals surface area (Å²) in [4.78, 5) is 5.33. The van der Waals surface area contributed by atoms with Crippen LogP contribution in [-0.2, 0) is 0 Å². The molecule has 0 radical (unpaired) electrons. The lowest BCUT2D eigenvalue weighted by molar-refractivity contribution is 0.563. The lowest BCUT2D eigenvalue weighted by Crippen LogP contribution is -2.32. The van der Waals surface area contributed by atoms with Crippen LogP contribution in [0.3, 0.4) is 0 Å². The highest BCUT2D eigenvalue weighted by Gasteiger charge is 1.95. The first-order valence-electron chi connectivity index (χ1n) is 3.42. The van der Waals surface area contributed by atoms with Gasteiger partial charge in [0.05, 0.1) is 0 Å². The average Bonchev–Trinajstić information content (AvgIpc) is 2.33. The van der Waals surface area contributed by atoms with Crippen LogP contribution in [0.2, 0.25) is 0 Å². The molecule has 10 heavy (non-hydrogen) atoms. The molecule has 1 N–H and O–H groups in total. The predicted octanol–water partition coefficient (Wildman–Crippen LogP) is -0.521. The quantitative estimate of drug-likeness (QED) is 0.506. The first-order valence-corrected chi connectivity index (χ1v) is 3.42. The van der Waals surface area contributed by atoms with Gasteiger partial charge in [0.1, 0.15) is 0 Å². The third-order valence-corrected chi connectivity index (χ3v) is 1.76. The summed E-state index contributed by atoms with van der Waals surface area (Å²) < 4.78 is 0. The van der Waals surface area contributed by atoms with Gasteiger partial charge in [0, 0.05) is 36.6 Å². The second kappa shape index (κ2) is 1.90. The monoisotopic (exact) mass is 134 g/mol. The molecule has 0 amide bonds. The normalized spacial score (nSPS) is 15.5. The van der Waals surface area contributed by atoms with Gasteiger partial charge in [-0.05, 0) is 12.1 Å². The van der Waals surface area contributed by atoms with Crippen molar-refractivity contribution in [2.45, 2.75) is 0 Å². The Morgan fingerprint density at radius 2 is 2.50 bits per heavy atom. The molecule has 2 rings (SSSR count). The molecule has 1 aliphatic heterocycles. The molecule has 0 unspecified atom stereocenters. The molecular formula is C8H10N2. The van der Waals surface area contributed by atoms with E-state index in [4.69, 9.17) is 0 Å². The van der Waals surface area contributed by atoms with Crippen LogP contribution in [0.4, 0.5) is 0 Å². The van der Waals surface area contributed by atoms with Crippen LogP contribution in [-0.4, -0.2) is 23.5 Å². The molecule has 2 nitrogen and oxygen atoms in total. The maximum Gasteiger partial charge on any atom is 0.0445 e. The van der Waals surface area contributed by atoms with Crippen molar-refractivity contribution in [3.8, 4) is 0 Å². The molecular weight excluding hydrogens is 124 g/mol. The number of nitrogens with zero attached hydrogens (tertiary/aromatic N) is 1. The van der Waals surface area contributed by atoms with E-state index in [1.54, 1.807) is 0 Å². The molecule has 0 saturated heterocycles. The Morgan fingerprint density at radius 1 is 1.60 bits per heavy atom. The number of aromatic amines is 1. The number of hydrogen-bond acceptors (Lipinski definition) is 1. The van der Waals surface area contributed by atoms with E-state index in [1.807, 2.05) is 6.20 Å². The topological polar surface area (TPSA) is 19.0 Å². The molecule has 1 aromatic rings. The van der Waals surface area contributed by atoms with Gasteiger partial charge in [0.25, 0.3) is 0 Å². The largest absolute Gasteiger partial charge is 0.376 e. The van der Waals surface area contributed by atoms with Crippen LogP contribution in [0.5, 0.6) is 0 Å². The van der Waals surface area contributed by atoms with Crippen LogP contribution >= 0.6 is 0 Å². The van der Waals surface area contributed by atoms with E-state index in [-0.39, 0.29) is 0 Å². The molecule has 0 spiro atoms. The summed E-state index contributed by atoms with van der Waals surface area (Å²) in [5, 5.41) is 2.53. The molecule has 0 bridgehead atoms. The Bertz CT molecular complexity index is 334. The third-order valence-electron chi connectivity index (χ3n) is 1.76. The van der Waals surface area contributed by atoms with Crippen LogP contribution in [0.25, 0.3) is 12.3 Å². The SMILES string of the molecule is CN1C=c2cc[nH]c2=CC1. The maximum absolute atomic E-state index is 3.16. The summed E-state index contributed by atoms with van der Waals surface area (Å²) in [5.41, 5.74) is 0. The van der Waals surface area contributed by atoms with Gasteiger partial charge >= 0.3 is 0 Å². The zero-order chi connectivity index (χ0) is 6.97. The molecule has 0 atom stereocenters. The Labute approximate surface area is 59.5 Å².